The van der Waals surface area contributed by atoms with E-state index in [2.05, 4.69) is 23.2 Å². The van der Waals surface area contributed by atoms with Crippen LogP contribution in [0.1, 0.15) is 31.7 Å². The van der Waals surface area contributed by atoms with Gasteiger partial charge in [-0.3, -0.25) is 4.79 Å². The molecule has 0 bridgehead atoms. The fraction of sp³-hybridized carbons (Fsp3) is 0.471. The van der Waals surface area contributed by atoms with Gasteiger partial charge in [-0.05, 0) is 44.2 Å². The lowest BCUT2D eigenvalue weighted by atomic mass is 10.1. The van der Waals surface area contributed by atoms with E-state index in [0.29, 0.717) is 0 Å². The van der Waals surface area contributed by atoms with Crippen molar-refractivity contribution in [3.63, 3.8) is 0 Å². The molecule has 1 saturated heterocycles. The molecule has 3 rings (SSSR count). The Morgan fingerprint density at radius 3 is 2.62 bits per heavy atom. The van der Waals surface area contributed by atoms with Crippen LogP contribution >= 0.6 is 0 Å². The standard InChI is InChI=1S/C11H14N2.C6H11NO/c1-8(12)6-9-7-13-11-5-3-2-4-10(9)11;8-6-7-4-2-1-3-5-7/h2-5,7-8,13H,6,12H2,1H3;6H,1-5H2/t8-;/m0./s1. The first-order valence-electron chi connectivity index (χ1n) is 7.70. The Labute approximate surface area is 126 Å². The van der Waals surface area contributed by atoms with Gasteiger partial charge in [0, 0.05) is 36.2 Å². The first-order valence-corrected chi connectivity index (χ1v) is 7.70. The summed E-state index contributed by atoms with van der Waals surface area (Å²) < 4.78 is 0. The second-order valence-corrected chi connectivity index (χ2v) is 5.74. The zero-order valence-corrected chi connectivity index (χ0v) is 12.7. The van der Waals surface area contributed by atoms with Gasteiger partial charge in [0.25, 0.3) is 0 Å². The highest BCUT2D eigenvalue weighted by Gasteiger charge is 2.05. The quantitative estimate of drug-likeness (QED) is 0.853. The monoisotopic (exact) mass is 287 g/mol. The van der Waals surface area contributed by atoms with Crippen molar-refractivity contribution < 1.29 is 4.79 Å². The molecular weight excluding hydrogens is 262 g/mol. The Balaban J connectivity index is 0.000000173. The van der Waals surface area contributed by atoms with E-state index in [4.69, 9.17) is 5.73 Å². The molecule has 0 saturated carbocycles. The number of hydrogen-bond donors (Lipinski definition) is 2. The number of aromatic nitrogens is 1. The summed E-state index contributed by atoms with van der Waals surface area (Å²) >= 11 is 0. The molecule has 0 spiro atoms. The third-order valence-electron chi connectivity index (χ3n) is 3.76. The molecule has 0 aliphatic carbocycles. The molecule has 1 aromatic carbocycles. The number of carbonyl (C=O) groups is 1. The number of aromatic amines is 1. The number of H-pyrrole nitrogens is 1. The van der Waals surface area contributed by atoms with E-state index in [1.54, 1.807) is 0 Å². The smallest absolute Gasteiger partial charge is 0.209 e. The number of fused-ring (bicyclic) bond motifs is 1. The van der Waals surface area contributed by atoms with Crippen LogP contribution < -0.4 is 5.73 Å². The molecule has 0 radical (unpaired) electrons. The first kappa shape index (κ1) is 15.6. The number of carbonyl (C=O) groups excluding carboxylic acids is 1. The number of benzene rings is 1. The summed E-state index contributed by atoms with van der Waals surface area (Å²) in [5.74, 6) is 0. The maximum atomic E-state index is 10.1. The highest BCUT2D eigenvalue weighted by molar-refractivity contribution is 5.83. The Morgan fingerprint density at radius 2 is 2.00 bits per heavy atom. The van der Waals surface area contributed by atoms with Crippen LogP contribution in [0.3, 0.4) is 0 Å². The van der Waals surface area contributed by atoms with Crippen molar-refractivity contribution in [2.24, 2.45) is 5.73 Å². The van der Waals surface area contributed by atoms with Crippen molar-refractivity contribution in [1.29, 1.82) is 0 Å². The van der Waals surface area contributed by atoms with E-state index in [1.807, 2.05) is 24.1 Å². The number of nitrogens with zero attached hydrogens (tertiary/aromatic N) is 1. The molecule has 1 atom stereocenters. The summed E-state index contributed by atoms with van der Waals surface area (Å²) in [4.78, 5) is 15.2. The molecule has 3 N–H and O–H groups in total. The number of likely N-dealkylation sites (tertiary alicyclic amines) is 1. The van der Waals surface area contributed by atoms with Crippen molar-refractivity contribution in [2.45, 2.75) is 38.6 Å². The van der Waals surface area contributed by atoms with E-state index in [-0.39, 0.29) is 6.04 Å². The Kier molecular flexibility index (Phi) is 5.81. The van der Waals surface area contributed by atoms with Gasteiger partial charge in [-0.1, -0.05) is 18.2 Å². The van der Waals surface area contributed by atoms with Gasteiger partial charge < -0.3 is 15.6 Å². The molecular formula is C17H25N3O. The molecule has 1 aromatic heterocycles. The Bertz CT molecular complexity index is 556. The molecule has 21 heavy (non-hydrogen) atoms. The lowest BCUT2D eigenvalue weighted by Gasteiger charge is -2.21. The number of piperidine rings is 1. The maximum Gasteiger partial charge on any atom is 0.209 e. The number of rotatable bonds is 3. The van der Waals surface area contributed by atoms with E-state index >= 15 is 0 Å². The molecule has 2 aromatic rings. The normalized spacial score (nSPS) is 16.2. The highest BCUT2D eigenvalue weighted by atomic mass is 16.1. The average Bonchev–Trinajstić information content (AvgIpc) is 2.91. The molecule has 2 heterocycles. The second kappa shape index (κ2) is 7.84. The first-order chi connectivity index (χ1) is 10.2. The average molecular weight is 287 g/mol. The largest absolute Gasteiger partial charge is 0.361 e. The van der Waals surface area contributed by atoms with Gasteiger partial charge in [-0.2, -0.15) is 0 Å². The van der Waals surface area contributed by atoms with Crippen molar-refractivity contribution in [1.82, 2.24) is 9.88 Å². The highest BCUT2D eigenvalue weighted by Crippen LogP contribution is 2.18. The van der Waals surface area contributed by atoms with Crippen LogP contribution in [-0.2, 0) is 11.2 Å². The Morgan fingerprint density at radius 1 is 1.29 bits per heavy atom. The third-order valence-corrected chi connectivity index (χ3v) is 3.76. The topological polar surface area (TPSA) is 62.1 Å². The summed E-state index contributed by atoms with van der Waals surface area (Å²) in [5, 5.41) is 1.29. The lowest BCUT2D eigenvalue weighted by molar-refractivity contribution is -0.118. The van der Waals surface area contributed by atoms with Gasteiger partial charge in [-0.15, -0.1) is 0 Å². The van der Waals surface area contributed by atoms with Crippen molar-refractivity contribution in [3.05, 3.63) is 36.0 Å². The summed E-state index contributed by atoms with van der Waals surface area (Å²) in [7, 11) is 0. The van der Waals surface area contributed by atoms with E-state index in [9.17, 15) is 4.79 Å². The van der Waals surface area contributed by atoms with Crippen LogP contribution in [0.4, 0.5) is 0 Å². The van der Waals surface area contributed by atoms with Crippen LogP contribution in [0.2, 0.25) is 0 Å². The van der Waals surface area contributed by atoms with Crippen LogP contribution in [-0.4, -0.2) is 35.4 Å². The lowest BCUT2D eigenvalue weighted by Crippen LogP contribution is -2.27. The number of hydrogen-bond acceptors (Lipinski definition) is 2. The predicted molar refractivity (Wildman–Crippen MR) is 87.1 cm³/mol. The van der Waals surface area contributed by atoms with Crippen molar-refractivity contribution >= 4 is 17.3 Å². The fourth-order valence-electron chi connectivity index (χ4n) is 2.67. The summed E-state index contributed by atoms with van der Waals surface area (Å²) in [5.41, 5.74) is 8.26. The molecule has 1 fully saturated rings. The van der Waals surface area contributed by atoms with Crippen molar-refractivity contribution in [2.75, 3.05) is 13.1 Å². The number of nitrogens with two attached hydrogens (primary N) is 1. The number of amides is 1. The van der Waals surface area contributed by atoms with Crippen LogP contribution in [0.5, 0.6) is 0 Å². The second-order valence-electron chi connectivity index (χ2n) is 5.74. The van der Waals surface area contributed by atoms with Gasteiger partial charge in [-0.25, -0.2) is 0 Å². The van der Waals surface area contributed by atoms with Crippen LogP contribution in [0.25, 0.3) is 10.9 Å². The molecule has 0 unspecified atom stereocenters. The molecule has 4 heteroatoms. The molecule has 1 amide bonds. The van der Waals surface area contributed by atoms with Crippen LogP contribution in [0, 0.1) is 0 Å². The summed E-state index contributed by atoms with van der Waals surface area (Å²) in [6.45, 7) is 3.98. The fourth-order valence-corrected chi connectivity index (χ4v) is 2.67. The van der Waals surface area contributed by atoms with Gasteiger partial charge in [0.05, 0.1) is 0 Å². The van der Waals surface area contributed by atoms with Gasteiger partial charge in [0.1, 0.15) is 0 Å². The predicted octanol–water partition coefficient (Wildman–Crippen LogP) is 2.69. The molecule has 1 aliphatic heterocycles. The Hall–Kier alpha value is -1.81. The van der Waals surface area contributed by atoms with E-state index < -0.39 is 0 Å². The molecule has 4 nitrogen and oxygen atoms in total. The zero-order valence-electron chi connectivity index (χ0n) is 12.7. The number of para-hydroxylation sites is 1. The minimum Gasteiger partial charge on any atom is -0.361 e. The minimum absolute atomic E-state index is 0.221. The molecule has 114 valence electrons. The molecule has 1 aliphatic rings. The SMILES string of the molecule is C[C@H](N)Cc1c[nH]c2ccccc12.O=CN1CCCCC1. The summed E-state index contributed by atoms with van der Waals surface area (Å²) in [6.07, 6.45) is 7.61. The maximum absolute atomic E-state index is 10.1. The summed E-state index contributed by atoms with van der Waals surface area (Å²) in [6, 6.07) is 8.53. The van der Waals surface area contributed by atoms with Gasteiger partial charge in [0.2, 0.25) is 6.41 Å². The zero-order chi connectivity index (χ0) is 15.1. The van der Waals surface area contributed by atoms with E-state index in [1.165, 1.54) is 35.7 Å². The number of nitrogens with one attached hydrogen (secondary N) is 1. The minimum atomic E-state index is 0.221. The van der Waals surface area contributed by atoms with Gasteiger partial charge in [0.15, 0.2) is 0 Å². The van der Waals surface area contributed by atoms with Crippen molar-refractivity contribution in [3.8, 4) is 0 Å². The van der Waals surface area contributed by atoms with Gasteiger partial charge >= 0.3 is 0 Å². The van der Waals surface area contributed by atoms with E-state index in [0.717, 1.165) is 25.9 Å². The third kappa shape index (κ3) is 4.60. The van der Waals surface area contributed by atoms with Crippen LogP contribution in [0.15, 0.2) is 30.5 Å².